The summed E-state index contributed by atoms with van der Waals surface area (Å²) < 4.78 is 17.8. The molecule has 0 aliphatic carbocycles. The number of benzene rings is 2. The van der Waals surface area contributed by atoms with Gasteiger partial charge in [-0.3, -0.25) is 9.69 Å². The third-order valence-electron chi connectivity index (χ3n) is 6.09. The number of ether oxygens (including phenoxy) is 3. The van der Waals surface area contributed by atoms with Gasteiger partial charge in [-0.05, 0) is 31.9 Å². The van der Waals surface area contributed by atoms with Crippen LogP contribution in [0.1, 0.15) is 37.0 Å². The fourth-order valence-electron chi connectivity index (χ4n) is 4.43. The van der Waals surface area contributed by atoms with E-state index in [0.29, 0.717) is 32.7 Å². The first-order chi connectivity index (χ1) is 15.2. The number of amides is 1. The number of para-hydroxylation sites is 2. The first-order valence-corrected chi connectivity index (χ1v) is 11.2. The van der Waals surface area contributed by atoms with Gasteiger partial charge in [0.15, 0.2) is 0 Å². The maximum Gasteiger partial charge on any atom is 0.236 e. The number of fused-ring (bicyclic) bond motifs is 1. The van der Waals surface area contributed by atoms with Gasteiger partial charge in [0.2, 0.25) is 5.91 Å². The summed E-state index contributed by atoms with van der Waals surface area (Å²) in [6, 6.07) is 16.0. The zero-order chi connectivity index (χ0) is 21.6. The van der Waals surface area contributed by atoms with Crippen molar-refractivity contribution in [2.24, 2.45) is 0 Å². The summed E-state index contributed by atoms with van der Waals surface area (Å²) in [5.41, 5.74) is 2.08. The number of rotatable bonds is 7. The SMILES string of the molecule is CCN(CC1CCCO1)C(=O)CN1Cc2ccccc2OC(c2ccccc2OC)C1. The Kier molecular flexibility index (Phi) is 7.10. The molecule has 2 aromatic carbocycles. The summed E-state index contributed by atoms with van der Waals surface area (Å²) in [4.78, 5) is 17.3. The highest BCUT2D eigenvalue weighted by molar-refractivity contribution is 5.78. The number of hydrogen-bond acceptors (Lipinski definition) is 5. The lowest BCUT2D eigenvalue weighted by Gasteiger charge is -2.29. The molecule has 2 unspecified atom stereocenters. The lowest BCUT2D eigenvalue weighted by Crippen LogP contribution is -2.44. The molecule has 1 amide bonds. The number of nitrogens with zero attached hydrogens (tertiary/aromatic N) is 2. The highest BCUT2D eigenvalue weighted by atomic mass is 16.5. The second-order valence-corrected chi connectivity index (χ2v) is 8.19. The molecule has 0 N–H and O–H groups in total. The van der Waals surface area contributed by atoms with Gasteiger partial charge in [-0.2, -0.15) is 0 Å². The minimum atomic E-state index is -0.221. The van der Waals surface area contributed by atoms with Gasteiger partial charge < -0.3 is 19.1 Å². The normalized spacial score (nSPS) is 21.1. The molecule has 31 heavy (non-hydrogen) atoms. The molecule has 4 rings (SSSR count). The van der Waals surface area contributed by atoms with Gasteiger partial charge in [0, 0.05) is 43.9 Å². The van der Waals surface area contributed by atoms with Crippen LogP contribution in [0.5, 0.6) is 11.5 Å². The molecule has 6 heteroatoms. The van der Waals surface area contributed by atoms with Crippen LogP contribution in [0.25, 0.3) is 0 Å². The molecule has 0 bridgehead atoms. The van der Waals surface area contributed by atoms with E-state index in [4.69, 9.17) is 14.2 Å². The van der Waals surface area contributed by atoms with Crippen LogP contribution in [0.2, 0.25) is 0 Å². The summed E-state index contributed by atoms with van der Waals surface area (Å²) in [5.74, 6) is 1.79. The van der Waals surface area contributed by atoms with E-state index in [2.05, 4.69) is 11.0 Å². The predicted molar refractivity (Wildman–Crippen MR) is 119 cm³/mol. The van der Waals surface area contributed by atoms with Gasteiger partial charge in [0.1, 0.15) is 17.6 Å². The number of methoxy groups -OCH3 is 1. The average molecular weight is 425 g/mol. The van der Waals surface area contributed by atoms with Crippen LogP contribution in [0.4, 0.5) is 0 Å². The Balaban J connectivity index is 1.54. The molecule has 1 fully saturated rings. The summed E-state index contributed by atoms with van der Waals surface area (Å²) in [6.07, 6.45) is 2.06. The van der Waals surface area contributed by atoms with E-state index in [9.17, 15) is 4.79 Å². The van der Waals surface area contributed by atoms with Gasteiger partial charge in [0.05, 0.1) is 19.8 Å². The third kappa shape index (κ3) is 5.20. The molecule has 1 saturated heterocycles. The van der Waals surface area contributed by atoms with Crippen LogP contribution in [-0.2, 0) is 16.1 Å². The molecule has 2 aliphatic heterocycles. The zero-order valence-corrected chi connectivity index (χ0v) is 18.5. The smallest absolute Gasteiger partial charge is 0.236 e. The molecule has 6 nitrogen and oxygen atoms in total. The maximum absolute atomic E-state index is 13.2. The minimum absolute atomic E-state index is 0.135. The van der Waals surface area contributed by atoms with Crippen LogP contribution >= 0.6 is 0 Å². The van der Waals surface area contributed by atoms with E-state index < -0.39 is 0 Å². The van der Waals surface area contributed by atoms with E-state index in [1.54, 1.807) is 7.11 Å². The molecule has 2 atom stereocenters. The molecule has 2 aromatic rings. The molecule has 0 radical (unpaired) electrons. The molecule has 0 aromatic heterocycles. The third-order valence-corrected chi connectivity index (χ3v) is 6.09. The van der Waals surface area contributed by atoms with Crippen molar-refractivity contribution in [3.8, 4) is 11.5 Å². The van der Waals surface area contributed by atoms with E-state index in [1.807, 2.05) is 54.3 Å². The summed E-state index contributed by atoms with van der Waals surface area (Å²) in [5, 5.41) is 0. The number of likely N-dealkylation sites (N-methyl/N-ethyl adjacent to an activating group) is 1. The number of carbonyl (C=O) groups excluding carboxylic acids is 1. The van der Waals surface area contributed by atoms with Crippen molar-refractivity contribution in [3.63, 3.8) is 0 Å². The van der Waals surface area contributed by atoms with E-state index in [0.717, 1.165) is 42.1 Å². The second kappa shape index (κ2) is 10.2. The number of hydrogen-bond donors (Lipinski definition) is 0. The quantitative estimate of drug-likeness (QED) is 0.679. The van der Waals surface area contributed by atoms with Crippen molar-refractivity contribution in [2.75, 3.05) is 39.9 Å². The topological polar surface area (TPSA) is 51.2 Å². The fraction of sp³-hybridized carbons (Fsp3) is 0.480. The van der Waals surface area contributed by atoms with Crippen LogP contribution < -0.4 is 9.47 Å². The molecule has 0 saturated carbocycles. The van der Waals surface area contributed by atoms with Crippen molar-refractivity contribution in [1.29, 1.82) is 0 Å². The molecule has 2 heterocycles. The Morgan fingerprint density at radius 2 is 2.00 bits per heavy atom. The van der Waals surface area contributed by atoms with Gasteiger partial charge in [-0.25, -0.2) is 0 Å². The number of carbonyl (C=O) groups is 1. The van der Waals surface area contributed by atoms with Crippen LogP contribution in [0, 0.1) is 0 Å². The molecular formula is C25H32N2O4. The molecule has 166 valence electrons. The van der Waals surface area contributed by atoms with Gasteiger partial charge in [-0.15, -0.1) is 0 Å². The van der Waals surface area contributed by atoms with E-state index >= 15 is 0 Å². The predicted octanol–water partition coefficient (Wildman–Crippen LogP) is 3.66. The highest BCUT2D eigenvalue weighted by Gasteiger charge is 2.29. The zero-order valence-electron chi connectivity index (χ0n) is 18.5. The lowest BCUT2D eigenvalue weighted by molar-refractivity contribution is -0.134. The summed E-state index contributed by atoms with van der Waals surface area (Å²) >= 11 is 0. The van der Waals surface area contributed by atoms with E-state index in [1.165, 1.54) is 0 Å². The Hall–Kier alpha value is -2.57. The van der Waals surface area contributed by atoms with Crippen molar-refractivity contribution in [3.05, 3.63) is 59.7 Å². The van der Waals surface area contributed by atoms with Gasteiger partial charge in [-0.1, -0.05) is 36.4 Å². The van der Waals surface area contributed by atoms with Crippen LogP contribution in [0.3, 0.4) is 0 Å². The Bertz CT molecular complexity index is 881. The highest BCUT2D eigenvalue weighted by Crippen LogP contribution is 2.34. The maximum atomic E-state index is 13.2. The molecular weight excluding hydrogens is 392 g/mol. The van der Waals surface area contributed by atoms with Crippen LogP contribution in [-0.4, -0.2) is 61.7 Å². The Morgan fingerprint density at radius 1 is 1.19 bits per heavy atom. The average Bonchev–Trinajstić information content (AvgIpc) is 3.24. The Morgan fingerprint density at radius 3 is 2.77 bits per heavy atom. The second-order valence-electron chi connectivity index (χ2n) is 8.19. The van der Waals surface area contributed by atoms with Crippen molar-refractivity contribution in [2.45, 2.75) is 38.5 Å². The van der Waals surface area contributed by atoms with Gasteiger partial charge >= 0.3 is 0 Å². The minimum Gasteiger partial charge on any atom is -0.496 e. The van der Waals surface area contributed by atoms with Gasteiger partial charge in [0.25, 0.3) is 0 Å². The van der Waals surface area contributed by atoms with Crippen molar-refractivity contribution < 1.29 is 19.0 Å². The van der Waals surface area contributed by atoms with Crippen LogP contribution in [0.15, 0.2) is 48.5 Å². The molecule has 0 spiro atoms. The monoisotopic (exact) mass is 424 g/mol. The summed E-state index contributed by atoms with van der Waals surface area (Å²) in [6.45, 7) is 5.83. The first kappa shape index (κ1) is 21.7. The molecule has 2 aliphatic rings. The largest absolute Gasteiger partial charge is 0.496 e. The fourth-order valence-corrected chi connectivity index (χ4v) is 4.43. The van der Waals surface area contributed by atoms with Crippen molar-refractivity contribution in [1.82, 2.24) is 9.80 Å². The standard InChI is InChI=1S/C25H32N2O4/c1-3-27(16-20-10-8-14-30-20)25(28)18-26-15-19-9-4-6-12-22(19)31-24(17-26)21-11-5-7-13-23(21)29-2/h4-7,9,11-13,20,24H,3,8,10,14-18H2,1-2H3. The van der Waals surface area contributed by atoms with E-state index in [-0.39, 0.29) is 18.1 Å². The first-order valence-electron chi connectivity index (χ1n) is 11.2. The van der Waals surface area contributed by atoms with Crippen molar-refractivity contribution >= 4 is 5.91 Å². The lowest BCUT2D eigenvalue weighted by atomic mass is 10.1. The Labute approximate surface area is 184 Å². The summed E-state index contributed by atoms with van der Waals surface area (Å²) in [7, 11) is 1.68.